The molecule has 1 fully saturated rings. The van der Waals surface area contributed by atoms with Crippen molar-refractivity contribution in [2.75, 3.05) is 29.1 Å². The Morgan fingerprint density at radius 2 is 2.12 bits per heavy atom. The van der Waals surface area contributed by atoms with E-state index in [1.807, 2.05) is 20.8 Å². The maximum absolute atomic E-state index is 15.4. The van der Waals surface area contributed by atoms with E-state index in [0.29, 0.717) is 46.7 Å². The third kappa shape index (κ3) is 3.13. The first-order valence-electron chi connectivity index (χ1n) is 11.0. The number of fused-ring (bicyclic) bond motifs is 2. The van der Waals surface area contributed by atoms with Gasteiger partial charge in [-0.2, -0.15) is 0 Å². The molecule has 0 radical (unpaired) electrons. The number of hydrogen-bond acceptors (Lipinski definition) is 6. The van der Waals surface area contributed by atoms with Crippen LogP contribution in [0.1, 0.15) is 32.3 Å². The van der Waals surface area contributed by atoms with Crippen LogP contribution in [0.15, 0.2) is 24.5 Å². The lowest BCUT2D eigenvalue weighted by Gasteiger charge is -2.51. The van der Waals surface area contributed by atoms with Crippen LogP contribution in [-0.4, -0.2) is 39.9 Å². The van der Waals surface area contributed by atoms with E-state index in [1.54, 1.807) is 18.3 Å². The Kier molecular flexibility index (Phi) is 4.81. The van der Waals surface area contributed by atoms with Gasteiger partial charge in [0, 0.05) is 35.5 Å². The highest BCUT2D eigenvalue weighted by molar-refractivity contribution is 6.00. The topological polar surface area (TPSA) is 114 Å². The minimum absolute atomic E-state index is 0.0343. The van der Waals surface area contributed by atoms with Crippen LogP contribution in [0.3, 0.4) is 0 Å². The average Bonchev–Trinajstić information content (AvgIpc) is 2.81. The number of ether oxygens (including phenoxy) is 1. The normalized spacial score (nSPS) is 21.5. The third-order valence-electron chi connectivity index (χ3n) is 7.30. The van der Waals surface area contributed by atoms with Crippen molar-refractivity contribution in [1.82, 2.24) is 9.97 Å². The summed E-state index contributed by atoms with van der Waals surface area (Å²) in [6, 6.07) is 3.35. The molecule has 172 valence electrons. The van der Waals surface area contributed by atoms with Crippen molar-refractivity contribution in [3.63, 3.8) is 0 Å². The Labute approximate surface area is 190 Å². The summed E-state index contributed by atoms with van der Waals surface area (Å²) in [4.78, 5) is 22.2. The Morgan fingerprint density at radius 1 is 1.33 bits per heavy atom. The molecule has 1 aliphatic heterocycles. The van der Waals surface area contributed by atoms with E-state index in [1.165, 1.54) is 11.1 Å². The van der Waals surface area contributed by atoms with Gasteiger partial charge in [0.25, 0.3) is 0 Å². The molecule has 2 unspecified atom stereocenters. The number of aromatic nitrogens is 2. The van der Waals surface area contributed by atoms with Gasteiger partial charge in [0.1, 0.15) is 18.1 Å². The van der Waals surface area contributed by atoms with Gasteiger partial charge in [0.2, 0.25) is 5.88 Å². The molecule has 4 N–H and O–H groups in total. The highest BCUT2D eigenvalue weighted by atomic mass is 19.1. The first kappa shape index (κ1) is 21.2. The maximum atomic E-state index is 15.4. The lowest BCUT2D eigenvalue weighted by molar-refractivity contribution is 0.133. The zero-order chi connectivity index (χ0) is 23.5. The first-order chi connectivity index (χ1) is 15.7. The quantitative estimate of drug-likeness (QED) is 0.490. The molecule has 2 aromatic heterocycles. The van der Waals surface area contributed by atoms with Gasteiger partial charge in [0.05, 0.1) is 11.2 Å². The molecule has 5 rings (SSSR count). The summed E-state index contributed by atoms with van der Waals surface area (Å²) >= 11 is 0. The average molecular weight is 452 g/mol. The lowest BCUT2D eigenvalue weighted by atomic mass is 9.68. The molecule has 1 amide bonds. The molecule has 2 atom stereocenters. The molecular formula is C24H26FN5O3. The highest BCUT2D eigenvalue weighted by Gasteiger charge is 2.48. The van der Waals surface area contributed by atoms with Crippen LogP contribution in [0.5, 0.6) is 5.88 Å². The van der Waals surface area contributed by atoms with E-state index in [9.17, 15) is 9.90 Å². The Hall–Kier alpha value is -3.62. The fourth-order valence-corrected chi connectivity index (χ4v) is 4.86. The van der Waals surface area contributed by atoms with E-state index in [-0.39, 0.29) is 11.6 Å². The van der Waals surface area contributed by atoms with Gasteiger partial charge in [-0.3, -0.25) is 4.90 Å². The zero-order valence-corrected chi connectivity index (χ0v) is 18.8. The fraction of sp³-hybridized carbons (Fsp3) is 0.375. The summed E-state index contributed by atoms with van der Waals surface area (Å²) in [5.41, 5.74) is 8.02. The number of hydrogen-bond donors (Lipinski definition) is 3. The number of halogens is 1. The van der Waals surface area contributed by atoms with Crippen LogP contribution in [0.4, 0.5) is 26.4 Å². The minimum atomic E-state index is -1.06. The van der Waals surface area contributed by atoms with Crippen molar-refractivity contribution < 1.29 is 19.0 Å². The molecular weight excluding hydrogens is 425 g/mol. The molecule has 0 bridgehead atoms. The lowest BCUT2D eigenvalue weighted by Crippen LogP contribution is -2.59. The number of amides is 1. The maximum Gasteiger partial charge on any atom is 0.413 e. The summed E-state index contributed by atoms with van der Waals surface area (Å²) in [5.74, 6) is 0.437. The van der Waals surface area contributed by atoms with Gasteiger partial charge in [0.15, 0.2) is 5.82 Å². The number of nitrogens with two attached hydrogens (primary N) is 1. The number of carboxylic acid groups (broad SMARTS) is 1. The molecule has 1 aromatic carbocycles. The van der Waals surface area contributed by atoms with E-state index in [0.717, 1.165) is 24.1 Å². The van der Waals surface area contributed by atoms with E-state index >= 15 is 4.39 Å². The van der Waals surface area contributed by atoms with E-state index < -0.39 is 17.4 Å². The smallest absolute Gasteiger partial charge is 0.413 e. The van der Waals surface area contributed by atoms with Crippen molar-refractivity contribution in [3.8, 4) is 17.0 Å². The van der Waals surface area contributed by atoms with Crippen molar-refractivity contribution in [2.45, 2.75) is 39.2 Å². The largest absolute Gasteiger partial charge is 0.474 e. The highest BCUT2D eigenvalue weighted by Crippen LogP contribution is 2.45. The van der Waals surface area contributed by atoms with Gasteiger partial charge in [-0.1, -0.05) is 6.92 Å². The van der Waals surface area contributed by atoms with Gasteiger partial charge in [-0.05, 0) is 55.7 Å². The number of anilines is 3. The number of nitrogens with zero attached hydrogens (tertiary/aromatic N) is 3. The summed E-state index contributed by atoms with van der Waals surface area (Å²) < 4.78 is 21.0. The van der Waals surface area contributed by atoms with Crippen LogP contribution in [-0.2, 0) is 0 Å². The van der Waals surface area contributed by atoms with Crippen LogP contribution in [0, 0.1) is 18.7 Å². The summed E-state index contributed by atoms with van der Waals surface area (Å²) in [7, 11) is 0. The Morgan fingerprint density at radius 3 is 2.79 bits per heavy atom. The van der Waals surface area contributed by atoms with Crippen molar-refractivity contribution in [1.29, 1.82) is 0 Å². The van der Waals surface area contributed by atoms with Gasteiger partial charge < -0.3 is 20.9 Å². The number of carbonyl (C=O) groups is 1. The van der Waals surface area contributed by atoms with Crippen molar-refractivity contribution in [2.24, 2.45) is 5.92 Å². The van der Waals surface area contributed by atoms with Crippen LogP contribution >= 0.6 is 0 Å². The van der Waals surface area contributed by atoms with Crippen LogP contribution < -0.4 is 20.7 Å². The van der Waals surface area contributed by atoms with Crippen LogP contribution in [0.2, 0.25) is 0 Å². The second-order valence-corrected chi connectivity index (χ2v) is 9.08. The number of rotatable bonds is 3. The molecule has 9 heteroatoms. The molecule has 8 nitrogen and oxygen atoms in total. The molecule has 1 saturated carbocycles. The first-order valence-corrected chi connectivity index (χ1v) is 11.0. The number of pyridine rings is 2. The standard InChI is InChI=1S/C24H26FN5O3/c1-12-4-5-24(12,3)30(23(31)32)18-9-14-8-15(19(25)20(26)17(14)11-28-18)16-10-29-22-21(13(16)2)27-6-7-33-22/h8-12,27H,4-7,26H2,1-3H3,(H,31,32). The molecule has 33 heavy (non-hydrogen) atoms. The summed E-state index contributed by atoms with van der Waals surface area (Å²) in [6.45, 7) is 7.00. The monoisotopic (exact) mass is 451 g/mol. The number of benzene rings is 1. The van der Waals surface area contributed by atoms with Gasteiger partial charge in [-0.15, -0.1) is 0 Å². The second kappa shape index (κ2) is 7.47. The van der Waals surface area contributed by atoms with Crippen LogP contribution in [0.25, 0.3) is 21.9 Å². The zero-order valence-electron chi connectivity index (χ0n) is 18.8. The van der Waals surface area contributed by atoms with Gasteiger partial charge >= 0.3 is 6.09 Å². The second-order valence-electron chi connectivity index (χ2n) is 9.08. The van der Waals surface area contributed by atoms with Gasteiger partial charge in [-0.25, -0.2) is 19.2 Å². The predicted octanol–water partition coefficient (Wildman–Crippen LogP) is 4.80. The molecule has 0 spiro atoms. The number of nitrogens with one attached hydrogen (secondary N) is 1. The SMILES string of the molecule is Cc1c(-c2cc3cc(N(C(=O)O)C4(C)CCC4C)ncc3c(N)c2F)cnc2c1NCCO2. The molecule has 3 aromatic rings. The van der Waals surface area contributed by atoms with E-state index in [4.69, 9.17) is 10.5 Å². The fourth-order valence-electron chi connectivity index (χ4n) is 4.86. The predicted molar refractivity (Wildman–Crippen MR) is 125 cm³/mol. The van der Waals surface area contributed by atoms with Crippen molar-refractivity contribution in [3.05, 3.63) is 35.9 Å². The molecule has 1 aliphatic carbocycles. The number of nitrogen functional groups attached to an aromatic ring is 1. The molecule has 0 saturated heterocycles. The minimum Gasteiger partial charge on any atom is -0.474 e. The Bertz CT molecular complexity index is 1300. The summed E-state index contributed by atoms with van der Waals surface area (Å²) in [5, 5.41) is 14.3. The van der Waals surface area contributed by atoms with E-state index in [2.05, 4.69) is 15.3 Å². The molecule has 2 aliphatic rings. The summed E-state index contributed by atoms with van der Waals surface area (Å²) in [6.07, 6.45) is 3.67. The molecule has 3 heterocycles. The Balaban J connectivity index is 1.67. The third-order valence-corrected chi connectivity index (χ3v) is 7.30. The van der Waals surface area contributed by atoms with Crippen molar-refractivity contribution >= 4 is 34.1 Å².